The fourth-order valence-electron chi connectivity index (χ4n) is 4.56. The van der Waals surface area contributed by atoms with Gasteiger partial charge in [-0.3, -0.25) is 9.80 Å². The van der Waals surface area contributed by atoms with E-state index in [-0.39, 0.29) is 6.61 Å². The van der Waals surface area contributed by atoms with Crippen molar-refractivity contribution < 1.29 is 18.3 Å². The second kappa shape index (κ2) is 9.81. The predicted octanol–water partition coefficient (Wildman–Crippen LogP) is 5.03. The summed E-state index contributed by atoms with van der Waals surface area (Å²) in [6.07, 6.45) is -4.39. The number of aliphatic hydroxyl groups is 1. The molecule has 0 unspecified atom stereocenters. The van der Waals surface area contributed by atoms with Gasteiger partial charge in [-0.1, -0.05) is 42.5 Å². The van der Waals surface area contributed by atoms with Crippen molar-refractivity contribution in [2.45, 2.75) is 12.7 Å². The monoisotopic (exact) mass is 480 g/mol. The number of imidazole rings is 1. The lowest BCUT2D eigenvalue weighted by Crippen LogP contribution is -2.46. The van der Waals surface area contributed by atoms with Crippen molar-refractivity contribution in [3.05, 3.63) is 77.9 Å². The van der Waals surface area contributed by atoms with Gasteiger partial charge in [0.05, 0.1) is 23.2 Å². The quantitative estimate of drug-likeness (QED) is 0.407. The molecule has 0 aliphatic carbocycles. The molecule has 2 N–H and O–H groups in total. The molecule has 0 radical (unpaired) electrons. The molecule has 5 nitrogen and oxygen atoms in total. The van der Waals surface area contributed by atoms with Crippen molar-refractivity contribution in [3.8, 4) is 22.5 Å². The molecule has 0 spiro atoms. The average Bonchev–Trinajstić information content (AvgIpc) is 3.29. The van der Waals surface area contributed by atoms with Crippen LogP contribution in [0.5, 0.6) is 0 Å². The number of benzene rings is 3. The average molecular weight is 481 g/mol. The number of rotatable bonds is 6. The third-order valence-electron chi connectivity index (χ3n) is 6.52. The Kier molecular flexibility index (Phi) is 6.60. The predicted molar refractivity (Wildman–Crippen MR) is 131 cm³/mol. The minimum Gasteiger partial charge on any atom is -0.395 e. The molecule has 3 aromatic carbocycles. The fraction of sp³-hybridized carbons (Fsp3) is 0.296. The maximum atomic E-state index is 13.0. The van der Waals surface area contributed by atoms with Crippen molar-refractivity contribution in [1.29, 1.82) is 0 Å². The largest absolute Gasteiger partial charge is 0.416 e. The van der Waals surface area contributed by atoms with E-state index in [4.69, 9.17) is 5.11 Å². The highest BCUT2D eigenvalue weighted by Gasteiger charge is 2.30. The Morgan fingerprint density at radius 2 is 1.54 bits per heavy atom. The van der Waals surface area contributed by atoms with Gasteiger partial charge in [-0.25, -0.2) is 4.98 Å². The summed E-state index contributed by atoms with van der Waals surface area (Å²) in [5, 5.41) is 9.11. The van der Waals surface area contributed by atoms with Crippen LogP contribution in [-0.4, -0.2) is 64.2 Å². The van der Waals surface area contributed by atoms with E-state index in [0.29, 0.717) is 16.9 Å². The molecule has 35 heavy (non-hydrogen) atoms. The Morgan fingerprint density at radius 1 is 0.829 bits per heavy atom. The molecule has 1 aliphatic heterocycles. The maximum absolute atomic E-state index is 13.0. The van der Waals surface area contributed by atoms with Gasteiger partial charge in [-0.05, 0) is 41.0 Å². The number of nitrogens with one attached hydrogen (secondary N) is 1. The zero-order chi connectivity index (χ0) is 24.4. The van der Waals surface area contributed by atoms with Crippen LogP contribution in [0, 0.1) is 0 Å². The van der Waals surface area contributed by atoms with Gasteiger partial charge in [0, 0.05) is 44.8 Å². The van der Waals surface area contributed by atoms with Gasteiger partial charge >= 0.3 is 6.18 Å². The SMILES string of the molecule is OCCN1CCN(Cc2cccc(-c3ccc(-c4nc5ccc(C(F)(F)F)cc5[nH]4)cc3)c2)CC1. The molecule has 0 atom stereocenters. The smallest absolute Gasteiger partial charge is 0.395 e. The molecular weight excluding hydrogens is 453 g/mol. The summed E-state index contributed by atoms with van der Waals surface area (Å²) in [6, 6.07) is 19.9. The lowest BCUT2D eigenvalue weighted by Gasteiger charge is -2.34. The van der Waals surface area contributed by atoms with E-state index in [0.717, 1.165) is 68.1 Å². The minimum atomic E-state index is -4.39. The summed E-state index contributed by atoms with van der Waals surface area (Å²) in [5.74, 6) is 0.542. The number of hydrogen-bond acceptors (Lipinski definition) is 4. The van der Waals surface area contributed by atoms with Crippen LogP contribution >= 0.6 is 0 Å². The molecule has 1 saturated heterocycles. The van der Waals surface area contributed by atoms with Gasteiger partial charge in [0.1, 0.15) is 5.82 Å². The molecule has 182 valence electrons. The Hall–Kier alpha value is -3.20. The van der Waals surface area contributed by atoms with Crippen molar-refractivity contribution in [3.63, 3.8) is 0 Å². The van der Waals surface area contributed by atoms with Crippen LogP contribution < -0.4 is 0 Å². The first-order chi connectivity index (χ1) is 16.9. The van der Waals surface area contributed by atoms with Gasteiger partial charge in [0.25, 0.3) is 0 Å². The number of piperazine rings is 1. The van der Waals surface area contributed by atoms with Gasteiger partial charge in [0.15, 0.2) is 0 Å². The number of H-pyrrole nitrogens is 1. The molecular formula is C27H27F3N4O. The first kappa shape index (κ1) is 23.5. The van der Waals surface area contributed by atoms with Crippen LogP contribution in [0.1, 0.15) is 11.1 Å². The third-order valence-corrected chi connectivity index (χ3v) is 6.52. The molecule has 0 saturated carbocycles. The second-order valence-electron chi connectivity index (χ2n) is 8.93. The van der Waals surface area contributed by atoms with Crippen molar-refractivity contribution in [2.75, 3.05) is 39.3 Å². The Morgan fingerprint density at radius 3 is 2.26 bits per heavy atom. The van der Waals surface area contributed by atoms with E-state index >= 15 is 0 Å². The number of β-amino-alcohol motifs (C(OH)–C–C–N with tert-alkyl or cyclic N) is 1. The van der Waals surface area contributed by atoms with Crippen LogP contribution in [0.3, 0.4) is 0 Å². The Labute approximate surface area is 201 Å². The van der Waals surface area contributed by atoms with Gasteiger partial charge in [-0.2, -0.15) is 13.2 Å². The van der Waals surface area contributed by atoms with E-state index in [1.165, 1.54) is 11.6 Å². The first-order valence-electron chi connectivity index (χ1n) is 11.7. The standard InChI is InChI=1S/C27H27F3N4O/c28-27(29,30)23-8-9-24-25(17-23)32-26(31-24)21-6-4-20(5-7-21)22-3-1-2-19(16-22)18-34-12-10-33(11-13-34)14-15-35/h1-9,16-17,35H,10-15,18H2,(H,31,32). The zero-order valence-corrected chi connectivity index (χ0v) is 19.2. The second-order valence-corrected chi connectivity index (χ2v) is 8.93. The van der Waals surface area contributed by atoms with E-state index in [1.807, 2.05) is 24.3 Å². The molecule has 8 heteroatoms. The highest BCUT2D eigenvalue weighted by molar-refractivity contribution is 5.80. The van der Waals surface area contributed by atoms with Crippen LogP contribution in [0.2, 0.25) is 0 Å². The minimum absolute atomic E-state index is 0.205. The van der Waals surface area contributed by atoms with E-state index in [1.54, 1.807) is 0 Å². The summed E-state index contributed by atoms with van der Waals surface area (Å²) < 4.78 is 39.0. The summed E-state index contributed by atoms with van der Waals surface area (Å²) in [7, 11) is 0. The Balaban J connectivity index is 1.29. The number of nitrogens with zero attached hydrogens (tertiary/aromatic N) is 3. The summed E-state index contributed by atoms with van der Waals surface area (Å²) in [4.78, 5) is 12.2. The number of alkyl halides is 3. The van der Waals surface area contributed by atoms with Crippen molar-refractivity contribution in [1.82, 2.24) is 19.8 Å². The summed E-state index contributed by atoms with van der Waals surface area (Å²) in [5.41, 5.74) is 4.43. The zero-order valence-electron chi connectivity index (χ0n) is 19.2. The lowest BCUT2D eigenvalue weighted by atomic mass is 10.0. The van der Waals surface area contributed by atoms with Gasteiger partial charge in [-0.15, -0.1) is 0 Å². The summed E-state index contributed by atoms with van der Waals surface area (Å²) >= 11 is 0. The molecule has 1 aliphatic rings. The number of aliphatic hydroxyl groups excluding tert-OH is 1. The molecule has 2 heterocycles. The topological polar surface area (TPSA) is 55.4 Å². The normalized spacial score (nSPS) is 15.7. The van der Waals surface area contributed by atoms with Crippen LogP contribution in [0.25, 0.3) is 33.5 Å². The molecule has 1 fully saturated rings. The van der Waals surface area contributed by atoms with Gasteiger partial charge < -0.3 is 10.1 Å². The third kappa shape index (κ3) is 5.40. The van der Waals surface area contributed by atoms with Gasteiger partial charge in [0.2, 0.25) is 0 Å². The maximum Gasteiger partial charge on any atom is 0.416 e. The van der Waals surface area contributed by atoms with E-state index in [2.05, 4.69) is 44.0 Å². The summed E-state index contributed by atoms with van der Waals surface area (Å²) in [6.45, 7) is 5.75. The molecule has 4 aromatic rings. The molecule has 5 rings (SSSR count). The number of aromatic amines is 1. The van der Waals surface area contributed by atoms with Crippen LogP contribution in [0.15, 0.2) is 66.7 Å². The van der Waals surface area contributed by atoms with Crippen molar-refractivity contribution in [2.24, 2.45) is 0 Å². The highest BCUT2D eigenvalue weighted by atomic mass is 19.4. The number of aromatic nitrogens is 2. The fourth-order valence-corrected chi connectivity index (χ4v) is 4.56. The number of fused-ring (bicyclic) bond motifs is 1. The van der Waals surface area contributed by atoms with E-state index in [9.17, 15) is 13.2 Å². The van der Waals surface area contributed by atoms with Crippen LogP contribution in [0.4, 0.5) is 13.2 Å². The molecule has 0 amide bonds. The molecule has 1 aromatic heterocycles. The number of hydrogen-bond donors (Lipinski definition) is 2. The number of halogens is 3. The highest BCUT2D eigenvalue weighted by Crippen LogP contribution is 2.32. The van der Waals surface area contributed by atoms with Crippen LogP contribution in [-0.2, 0) is 12.7 Å². The van der Waals surface area contributed by atoms with E-state index < -0.39 is 11.7 Å². The molecule has 0 bridgehead atoms. The Bertz CT molecular complexity index is 1290. The lowest BCUT2D eigenvalue weighted by molar-refractivity contribution is -0.137. The van der Waals surface area contributed by atoms with Crippen molar-refractivity contribution >= 4 is 11.0 Å². The first-order valence-corrected chi connectivity index (χ1v) is 11.7.